The van der Waals surface area contributed by atoms with Gasteiger partial charge < -0.3 is 15.2 Å². The largest absolute Gasteiger partial charge is 0.497 e. The predicted octanol–water partition coefficient (Wildman–Crippen LogP) is 2.75. The van der Waals surface area contributed by atoms with Crippen molar-refractivity contribution in [1.29, 1.82) is 0 Å². The molecule has 0 saturated heterocycles. The SMILES string of the molecule is COc1ccc(CC(=O)NC(C)C(O)c2ccc(F)c(F)c2)cc1. The Morgan fingerprint density at radius 2 is 1.83 bits per heavy atom. The maximum atomic E-state index is 13.2. The zero-order valence-electron chi connectivity index (χ0n) is 13.4. The van der Waals surface area contributed by atoms with Crippen LogP contribution in [-0.4, -0.2) is 24.2 Å². The minimum absolute atomic E-state index is 0.138. The number of hydrogen-bond donors (Lipinski definition) is 2. The van der Waals surface area contributed by atoms with Gasteiger partial charge in [0.1, 0.15) is 5.75 Å². The van der Waals surface area contributed by atoms with Crippen LogP contribution in [0, 0.1) is 11.6 Å². The van der Waals surface area contributed by atoms with E-state index < -0.39 is 23.8 Å². The van der Waals surface area contributed by atoms with Gasteiger partial charge in [0.25, 0.3) is 0 Å². The fraction of sp³-hybridized carbons (Fsp3) is 0.278. The number of aliphatic hydroxyl groups excluding tert-OH is 1. The van der Waals surface area contributed by atoms with Crippen LogP contribution in [0.2, 0.25) is 0 Å². The first-order valence-electron chi connectivity index (χ1n) is 7.46. The van der Waals surface area contributed by atoms with Gasteiger partial charge in [-0.05, 0) is 42.3 Å². The molecule has 2 N–H and O–H groups in total. The topological polar surface area (TPSA) is 58.6 Å². The summed E-state index contributed by atoms with van der Waals surface area (Å²) in [6, 6.07) is 9.55. The van der Waals surface area contributed by atoms with E-state index in [2.05, 4.69) is 5.32 Å². The molecule has 2 atom stereocenters. The smallest absolute Gasteiger partial charge is 0.224 e. The molecule has 0 aliphatic heterocycles. The van der Waals surface area contributed by atoms with E-state index in [1.807, 2.05) is 0 Å². The van der Waals surface area contributed by atoms with E-state index in [1.54, 1.807) is 38.3 Å². The number of aliphatic hydroxyl groups is 1. The Balaban J connectivity index is 1.95. The summed E-state index contributed by atoms with van der Waals surface area (Å²) < 4.78 is 31.2. The molecular formula is C18H19F2NO3. The van der Waals surface area contributed by atoms with Crippen molar-refractivity contribution < 1.29 is 23.4 Å². The van der Waals surface area contributed by atoms with Gasteiger partial charge in [0.2, 0.25) is 5.91 Å². The monoisotopic (exact) mass is 335 g/mol. The summed E-state index contributed by atoms with van der Waals surface area (Å²) in [5, 5.41) is 12.8. The zero-order chi connectivity index (χ0) is 17.7. The van der Waals surface area contributed by atoms with Gasteiger partial charge in [-0.3, -0.25) is 4.79 Å². The molecule has 0 fully saturated rings. The highest BCUT2D eigenvalue weighted by Crippen LogP contribution is 2.19. The van der Waals surface area contributed by atoms with Crippen molar-refractivity contribution in [1.82, 2.24) is 5.32 Å². The van der Waals surface area contributed by atoms with E-state index in [-0.39, 0.29) is 17.9 Å². The normalized spacial score (nSPS) is 13.2. The van der Waals surface area contributed by atoms with Crippen molar-refractivity contribution in [2.75, 3.05) is 7.11 Å². The van der Waals surface area contributed by atoms with E-state index in [0.717, 1.165) is 17.7 Å². The first kappa shape index (κ1) is 17.9. The Bertz CT molecular complexity index is 704. The fourth-order valence-electron chi connectivity index (χ4n) is 2.30. The van der Waals surface area contributed by atoms with Crippen molar-refractivity contribution in [2.45, 2.75) is 25.5 Å². The Hall–Kier alpha value is -2.47. The van der Waals surface area contributed by atoms with Crippen LogP contribution >= 0.6 is 0 Å². The van der Waals surface area contributed by atoms with Crippen LogP contribution in [0.4, 0.5) is 8.78 Å². The molecule has 2 aromatic rings. The minimum Gasteiger partial charge on any atom is -0.497 e. The molecule has 0 spiro atoms. The van der Waals surface area contributed by atoms with Crippen molar-refractivity contribution in [3.05, 3.63) is 65.2 Å². The molecule has 24 heavy (non-hydrogen) atoms. The summed E-state index contributed by atoms with van der Waals surface area (Å²) in [4.78, 5) is 12.0. The summed E-state index contributed by atoms with van der Waals surface area (Å²) in [6.07, 6.45) is -1.00. The lowest BCUT2D eigenvalue weighted by Gasteiger charge is -2.21. The molecule has 0 saturated carbocycles. The molecule has 2 rings (SSSR count). The molecule has 6 heteroatoms. The van der Waals surface area contributed by atoms with Gasteiger partial charge in [-0.1, -0.05) is 18.2 Å². The molecule has 0 heterocycles. The summed E-state index contributed by atoms with van der Waals surface area (Å²) in [7, 11) is 1.56. The van der Waals surface area contributed by atoms with Crippen molar-refractivity contribution in [3.8, 4) is 5.75 Å². The summed E-state index contributed by atoms with van der Waals surface area (Å²) in [6.45, 7) is 1.60. The third-order valence-corrected chi connectivity index (χ3v) is 3.67. The number of hydrogen-bond acceptors (Lipinski definition) is 3. The maximum absolute atomic E-state index is 13.2. The standard InChI is InChI=1S/C18H19F2NO3/c1-11(18(23)13-5-8-15(19)16(20)10-13)21-17(22)9-12-3-6-14(24-2)7-4-12/h3-8,10-11,18,23H,9H2,1-2H3,(H,21,22). The van der Waals surface area contributed by atoms with E-state index in [9.17, 15) is 18.7 Å². The first-order valence-corrected chi connectivity index (χ1v) is 7.46. The Labute approximate surface area is 139 Å². The Morgan fingerprint density at radius 3 is 2.42 bits per heavy atom. The molecule has 2 unspecified atom stereocenters. The van der Waals surface area contributed by atoms with Crippen LogP contribution in [0.1, 0.15) is 24.2 Å². The number of halogens is 2. The van der Waals surface area contributed by atoms with Gasteiger partial charge in [0.15, 0.2) is 11.6 Å². The Morgan fingerprint density at radius 1 is 1.17 bits per heavy atom. The summed E-state index contributed by atoms with van der Waals surface area (Å²) in [5.41, 5.74) is 0.994. The third kappa shape index (κ3) is 4.52. The second-order valence-corrected chi connectivity index (χ2v) is 5.50. The number of rotatable bonds is 6. The van der Waals surface area contributed by atoms with Crippen molar-refractivity contribution >= 4 is 5.91 Å². The number of carbonyl (C=O) groups is 1. The molecular weight excluding hydrogens is 316 g/mol. The van der Waals surface area contributed by atoms with Gasteiger partial charge in [0.05, 0.1) is 25.7 Å². The van der Waals surface area contributed by atoms with Crippen LogP contribution in [0.25, 0.3) is 0 Å². The molecule has 128 valence electrons. The molecule has 1 amide bonds. The quantitative estimate of drug-likeness (QED) is 0.853. The maximum Gasteiger partial charge on any atom is 0.224 e. The number of carbonyl (C=O) groups excluding carboxylic acids is 1. The number of ether oxygens (including phenoxy) is 1. The third-order valence-electron chi connectivity index (χ3n) is 3.67. The summed E-state index contributed by atoms with van der Waals surface area (Å²) >= 11 is 0. The van der Waals surface area contributed by atoms with Gasteiger partial charge in [-0.25, -0.2) is 8.78 Å². The lowest BCUT2D eigenvalue weighted by molar-refractivity contribution is -0.121. The van der Waals surface area contributed by atoms with Crippen LogP contribution in [0.5, 0.6) is 5.75 Å². The molecule has 2 aromatic carbocycles. The van der Waals surface area contributed by atoms with Gasteiger partial charge in [0, 0.05) is 0 Å². The highest BCUT2D eigenvalue weighted by atomic mass is 19.2. The van der Waals surface area contributed by atoms with E-state index in [4.69, 9.17) is 4.74 Å². The van der Waals surface area contributed by atoms with Crippen LogP contribution < -0.4 is 10.1 Å². The summed E-state index contributed by atoms with van der Waals surface area (Å²) in [5.74, 6) is -1.61. The number of amides is 1. The van der Waals surface area contributed by atoms with Gasteiger partial charge in [-0.15, -0.1) is 0 Å². The first-order chi connectivity index (χ1) is 11.4. The lowest BCUT2D eigenvalue weighted by Crippen LogP contribution is -2.38. The highest BCUT2D eigenvalue weighted by molar-refractivity contribution is 5.78. The predicted molar refractivity (Wildman–Crippen MR) is 85.6 cm³/mol. The van der Waals surface area contributed by atoms with Crippen LogP contribution in [-0.2, 0) is 11.2 Å². The molecule has 0 aromatic heterocycles. The van der Waals surface area contributed by atoms with Gasteiger partial charge in [-0.2, -0.15) is 0 Å². The molecule has 0 radical (unpaired) electrons. The fourth-order valence-corrected chi connectivity index (χ4v) is 2.30. The molecule has 0 aliphatic rings. The minimum atomic E-state index is -1.14. The van der Waals surface area contributed by atoms with Crippen molar-refractivity contribution in [3.63, 3.8) is 0 Å². The Kier molecular flexibility index (Phi) is 5.87. The number of nitrogens with one attached hydrogen (secondary N) is 1. The average Bonchev–Trinajstić information content (AvgIpc) is 2.57. The second kappa shape index (κ2) is 7.88. The number of methoxy groups -OCH3 is 1. The average molecular weight is 335 g/mol. The van der Waals surface area contributed by atoms with Crippen molar-refractivity contribution in [2.24, 2.45) is 0 Å². The second-order valence-electron chi connectivity index (χ2n) is 5.50. The lowest BCUT2D eigenvalue weighted by atomic mass is 10.0. The van der Waals surface area contributed by atoms with Crippen LogP contribution in [0.15, 0.2) is 42.5 Å². The molecule has 4 nitrogen and oxygen atoms in total. The van der Waals surface area contributed by atoms with E-state index in [0.29, 0.717) is 5.75 Å². The highest BCUT2D eigenvalue weighted by Gasteiger charge is 2.19. The number of benzene rings is 2. The van der Waals surface area contributed by atoms with E-state index >= 15 is 0 Å². The molecule has 0 aliphatic carbocycles. The zero-order valence-corrected chi connectivity index (χ0v) is 13.4. The van der Waals surface area contributed by atoms with Crippen LogP contribution in [0.3, 0.4) is 0 Å². The van der Waals surface area contributed by atoms with Gasteiger partial charge >= 0.3 is 0 Å². The van der Waals surface area contributed by atoms with E-state index in [1.165, 1.54) is 6.07 Å². The molecule has 0 bridgehead atoms.